The summed E-state index contributed by atoms with van der Waals surface area (Å²) in [6.45, 7) is 11.4. The molecule has 0 atom stereocenters. The largest absolute Gasteiger partial charge is 0.337 e. The van der Waals surface area contributed by atoms with Gasteiger partial charge in [0.05, 0.1) is 6.54 Å². The highest BCUT2D eigenvalue weighted by molar-refractivity contribution is 5.25. The van der Waals surface area contributed by atoms with Crippen LogP contribution < -0.4 is 0 Å². The van der Waals surface area contributed by atoms with Crippen LogP contribution in [0.2, 0.25) is 0 Å². The summed E-state index contributed by atoms with van der Waals surface area (Å²) in [7, 11) is 2.09. The Balaban J connectivity index is 1.41. The highest BCUT2D eigenvalue weighted by atomic mass is 15.2. The highest BCUT2D eigenvalue weighted by Gasteiger charge is 2.21. The summed E-state index contributed by atoms with van der Waals surface area (Å²) in [5, 5.41) is 0. The Labute approximate surface area is 158 Å². The second-order valence-electron chi connectivity index (χ2n) is 7.74. The maximum absolute atomic E-state index is 4.48. The Morgan fingerprint density at radius 2 is 1.96 bits per heavy atom. The first-order valence-electron chi connectivity index (χ1n) is 10.1. The molecule has 3 rings (SSSR count). The number of hydrogen-bond acceptors (Lipinski definition) is 3. The molecule has 0 aliphatic carbocycles. The third-order valence-electron chi connectivity index (χ3n) is 5.92. The molecule has 26 heavy (non-hydrogen) atoms. The van der Waals surface area contributed by atoms with Crippen LogP contribution in [0.1, 0.15) is 36.7 Å². The van der Waals surface area contributed by atoms with E-state index in [1.807, 2.05) is 12.4 Å². The van der Waals surface area contributed by atoms with Crippen molar-refractivity contribution in [3.05, 3.63) is 53.6 Å². The lowest BCUT2D eigenvalue weighted by Crippen LogP contribution is -2.39. The number of aryl methyl sites for hydroxylation is 2. The average molecular weight is 355 g/mol. The number of nitrogens with zero attached hydrogens (tertiary/aromatic N) is 4. The van der Waals surface area contributed by atoms with Crippen molar-refractivity contribution in [3.8, 4) is 0 Å². The number of hydrogen-bond donors (Lipinski definition) is 0. The molecule has 1 aromatic heterocycles. The molecule has 0 unspecified atom stereocenters. The van der Waals surface area contributed by atoms with E-state index in [0.717, 1.165) is 19.0 Å². The van der Waals surface area contributed by atoms with E-state index in [9.17, 15) is 0 Å². The molecule has 0 spiro atoms. The molecule has 4 nitrogen and oxygen atoms in total. The average Bonchev–Trinajstić information content (AvgIpc) is 3.06. The summed E-state index contributed by atoms with van der Waals surface area (Å²) in [5.74, 6) is 1.99. The van der Waals surface area contributed by atoms with Crippen molar-refractivity contribution in [1.29, 1.82) is 0 Å². The van der Waals surface area contributed by atoms with Gasteiger partial charge in [-0.05, 0) is 62.9 Å². The Morgan fingerprint density at radius 1 is 1.19 bits per heavy atom. The minimum absolute atomic E-state index is 0.824. The van der Waals surface area contributed by atoms with Gasteiger partial charge >= 0.3 is 0 Å². The zero-order valence-corrected chi connectivity index (χ0v) is 16.7. The first-order chi connectivity index (χ1) is 12.7. The Morgan fingerprint density at radius 3 is 2.62 bits per heavy atom. The van der Waals surface area contributed by atoms with Gasteiger partial charge in [-0.25, -0.2) is 4.98 Å². The van der Waals surface area contributed by atoms with Crippen molar-refractivity contribution in [3.63, 3.8) is 0 Å². The topological polar surface area (TPSA) is 24.3 Å². The SMILES string of the molecule is CCN(Cc1nccn1C)CC1CCN(CCc2ccccc2C)CC1. The lowest BCUT2D eigenvalue weighted by Gasteiger charge is -2.34. The minimum atomic E-state index is 0.824. The predicted octanol–water partition coefficient (Wildman–Crippen LogP) is 3.51. The quantitative estimate of drug-likeness (QED) is 0.725. The van der Waals surface area contributed by atoms with Gasteiger partial charge in [0.2, 0.25) is 0 Å². The monoisotopic (exact) mass is 354 g/mol. The van der Waals surface area contributed by atoms with E-state index in [1.54, 1.807) is 0 Å². The first kappa shape index (κ1) is 19.1. The van der Waals surface area contributed by atoms with Crippen molar-refractivity contribution in [2.24, 2.45) is 13.0 Å². The molecular weight excluding hydrogens is 320 g/mol. The Bertz CT molecular complexity index is 670. The Kier molecular flexibility index (Phi) is 6.86. The number of likely N-dealkylation sites (tertiary alicyclic amines) is 1. The maximum Gasteiger partial charge on any atom is 0.122 e. The van der Waals surface area contributed by atoms with Crippen molar-refractivity contribution < 1.29 is 0 Å². The summed E-state index contributed by atoms with van der Waals surface area (Å²) in [4.78, 5) is 9.68. The molecule has 2 heterocycles. The summed E-state index contributed by atoms with van der Waals surface area (Å²) in [5.41, 5.74) is 2.93. The summed E-state index contributed by atoms with van der Waals surface area (Å²) in [6, 6.07) is 8.80. The van der Waals surface area contributed by atoms with Crippen LogP contribution in [-0.4, -0.2) is 52.1 Å². The zero-order chi connectivity index (χ0) is 18.4. The smallest absolute Gasteiger partial charge is 0.122 e. The number of piperidine rings is 1. The normalized spacial score (nSPS) is 16.5. The third-order valence-corrected chi connectivity index (χ3v) is 5.92. The van der Waals surface area contributed by atoms with E-state index >= 15 is 0 Å². The molecule has 1 aliphatic rings. The molecule has 0 radical (unpaired) electrons. The number of benzene rings is 1. The molecular formula is C22H34N4. The second-order valence-corrected chi connectivity index (χ2v) is 7.74. The van der Waals surface area contributed by atoms with Crippen LogP contribution in [-0.2, 0) is 20.0 Å². The lowest BCUT2D eigenvalue weighted by atomic mass is 9.95. The van der Waals surface area contributed by atoms with Gasteiger partial charge < -0.3 is 9.47 Å². The number of aromatic nitrogens is 2. The van der Waals surface area contributed by atoms with Gasteiger partial charge in [0.1, 0.15) is 5.82 Å². The summed E-state index contributed by atoms with van der Waals surface area (Å²) in [6.07, 6.45) is 7.76. The number of imidazole rings is 1. The van der Waals surface area contributed by atoms with Crippen LogP contribution in [0.15, 0.2) is 36.7 Å². The molecule has 1 fully saturated rings. The van der Waals surface area contributed by atoms with Crippen LogP contribution in [0.4, 0.5) is 0 Å². The standard InChI is InChI=1S/C22H34N4/c1-4-25(18-22-23-12-16-24(22)3)17-20-9-13-26(14-10-20)15-11-21-8-6-5-7-19(21)2/h5-8,12,16,20H,4,9-11,13-15,17-18H2,1-3H3. The van der Waals surface area contributed by atoms with E-state index in [1.165, 1.54) is 62.4 Å². The molecule has 142 valence electrons. The van der Waals surface area contributed by atoms with Gasteiger partial charge in [0, 0.05) is 32.5 Å². The Hall–Kier alpha value is -1.65. The van der Waals surface area contributed by atoms with E-state index < -0.39 is 0 Å². The van der Waals surface area contributed by atoms with Crippen LogP contribution in [0.3, 0.4) is 0 Å². The molecule has 0 saturated carbocycles. The molecule has 0 N–H and O–H groups in total. The van der Waals surface area contributed by atoms with Gasteiger partial charge in [0.25, 0.3) is 0 Å². The van der Waals surface area contributed by atoms with Gasteiger partial charge in [-0.1, -0.05) is 31.2 Å². The third kappa shape index (κ3) is 5.18. The molecule has 2 aromatic rings. The molecule has 1 aromatic carbocycles. The molecule has 1 saturated heterocycles. The van der Waals surface area contributed by atoms with E-state index in [0.29, 0.717) is 0 Å². The molecule has 1 aliphatic heterocycles. The van der Waals surface area contributed by atoms with Gasteiger partial charge in [-0.2, -0.15) is 0 Å². The first-order valence-corrected chi connectivity index (χ1v) is 10.1. The van der Waals surface area contributed by atoms with Crippen molar-refractivity contribution in [2.75, 3.05) is 32.7 Å². The van der Waals surface area contributed by atoms with Gasteiger partial charge in [-0.3, -0.25) is 4.90 Å². The fourth-order valence-electron chi connectivity index (χ4n) is 3.98. The number of rotatable bonds is 8. The van der Waals surface area contributed by atoms with E-state index in [2.05, 4.69) is 64.5 Å². The molecule has 0 bridgehead atoms. The van der Waals surface area contributed by atoms with E-state index in [-0.39, 0.29) is 0 Å². The minimum Gasteiger partial charge on any atom is -0.337 e. The van der Waals surface area contributed by atoms with Crippen LogP contribution in [0, 0.1) is 12.8 Å². The molecule has 4 heteroatoms. The fourth-order valence-corrected chi connectivity index (χ4v) is 3.98. The highest BCUT2D eigenvalue weighted by Crippen LogP contribution is 2.20. The van der Waals surface area contributed by atoms with Crippen molar-refractivity contribution >= 4 is 0 Å². The van der Waals surface area contributed by atoms with Crippen molar-refractivity contribution in [2.45, 2.75) is 39.7 Å². The van der Waals surface area contributed by atoms with Crippen molar-refractivity contribution in [1.82, 2.24) is 19.4 Å². The second kappa shape index (κ2) is 9.33. The fraction of sp³-hybridized carbons (Fsp3) is 0.591. The predicted molar refractivity (Wildman–Crippen MR) is 108 cm³/mol. The van der Waals surface area contributed by atoms with Gasteiger partial charge in [0.15, 0.2) is 0 Å². The summed E-state index contributed by atoms with van der Waals surface area (Å²) < 4.78 is 2.14. The van der Waals surface area contributed by atoms with Crippen LogP contribution in [0.25, 0.3) is 0 Å². The molecule has 0 amide bonds. The van der Waals surface area contributed by atoms with Crippen LogP contribution in [0.5, 0.6) is 0 Å². The maximum atomic E-state index is 4.48. The van der Waals surface area contributed by atoms with Crippen LogP contribution >= 0.6 is 0 Å². The van der Waals surface area contributed by atoms with Gasteiger partial charge in [-0.15, -0.1) is 0 Å². The lowest BCUT2D eigenvalue weighted by molar-refractivity contribution is 0.142. The van der Waals surface area contributed by atoms with E-state index in [4.69, 9.17) is 0 Å². The summed E-state index contributed by atoms with van der Waals surface area (Å²) >= 11 is 0. The zero-order valence-electron chi connectivity index (χ0n) is 16.7.